The molecule has 0 aliphatic heterocycles. The van der Waals surface area contributed by atoms with E-state index < -0.39 is 6.10 Å². The number of carbonyl (C=O) groups excluding carboxylic acids is 1. The molecule has 104 valence electrons. The molecule has 0 aromatic heterocycles. The third-order valence-corrected chi connectivity index (χ3v) is 4.45. The lowest BCUT2D eigenvalue weighted by atomic mass is 10.1. The predicted molar refractivity (Wildman–Crippen MR) is 78.9 cm³/mol. The van der Waals surface area contributed by atoms with Crippen molar-refractivity contribution in [1.82, 2.24) is 5.32 Å². The number of hydrogen-bond acceptors (Lipinski definition) is 3. The lowest BCUT2D eigenvalue weighted by Crippen LogP contribution is -2.42. The van der Waals surface area contributed by atoms with Gasteiger partial charge in [0.25, 0.3) is 5.91 Å². The van der Waals surface area contributed by atoms with E-state index in [9.17, 15) is 9.90 Å². The van der Waals surface area contributed by atoms with Gasteiger partial charge in [-0.05, 0) is 40.9 Å². The van der Waals surface area contributed by atoms with Gasteiger partial charge in [0.05, 0.1) is 22.2 Å². The van der Waals surface area contributed by atoms with Crippen LogP contribution in [0.25, 0.3) is 0 Å². The van der Waals surface area contributed by atoms with Crippen LogP contribution >= 0.6 is 15.9 Å². The van der Waals surface area contributed by atoms with E-state index in [0.717, 1.165) is 32.1 Å². The standard InChI is InChI=1S/C14H19BrN2O2/c15-13-9(5-4-6-10(13)16)14(19)17-11-7-2-1-3-8-12(11)18/h4-6,11-12,18H,1-3,7-8,16H2,(H,17,19). The van der Waals surface area contributed by atoms with Gasteiger partial charge in [-0.3, -0.25) is 4.79 Å². The molecule has 0 heterocycles. The van der Waals surface area contributed by atoms with E-state index in [-0.39, 0.29) is 11.9 Å². The average molecular weight is 327 g/mol. The van der Waals surface area contributed by atoms with Crippen molar-refractivity contribution >= 4 is 27.5 Å². The number of hydrogen-bond donors (Lipinski definition) is 3. The zero-order valence-corrected chi connectivity index (χ0v) is 12.3. The van der Waals surface area contributed by atoms with Crippen LogP contribution in [-0.2, 0) is 0 Å². The number of benzene rings is 1. The van der Waals surface area contributed by atoms with Gasteiger partial charge in [0, 0.05) is 5.69 Å². The zero-order valence-electron chi connectivity index (χ0n) is 10.7. The highest BCUT2D eigenvalue weighted by atomic mass is 79.9. The molecule has 0 spiro atoms. The van der Waals surface area contributed by atoms with Crippen molar-refractivity contribution in [2.24, 2.45) is 0 Å². The van der Waals surface area contributed by atoms with Gasteiger partial charge in [0.1, 0.15) is 0 Å². The number of amides is 1. The second-order valence-electron chi connectivity index (χ2n) is 4.99. The van der Waals surface area contributed by atoms with Gasteiger partial charge < -0.3 is 16.2 Å². The van der Waals surface area contributed by atoms with E-state index in [4.69, 9.17) is 5.73 Å². The molecule has 4 nitrogen and oxygen atoms in total. The van der Waals surface area contributed by atoms with E-state index in [1.165, 1.54) is 0 Å². The van der Waals surface area contributed by atoms with Crippen molar-refractivity contribution in [3.05, 3.63) is 28.2 Å². The zero-order chi connectivity index (χ0) is 13.8. The number of aliphatic hydroxyl groups is 1. The lowest BCUT2D eigenvalue weighted by Gasteiger charge is -2.22. The van der Waals surface area contributed by atoms with Crippen LogP contribution in [0.2, 0.25) is 0 Å². The summed E-state index contributed by atoms with van der Waals surface area (Å²) in [6.45, 7) is 0. The molecule has 0 saturated heterocycles. The first kappa shape index (κ1) is 14.3. The molecule has 2 unspecified atom stereocenters. The summed E-state index contributed by atoms with van der Waals surface area (Å²) in [5, 5.41) is 12.9. The molecule has 19 heavy (non-hydrogen) atoms. The fourth-order valence-electron chi connectivity index (χ4n) is 2.43. The Morgan fingerprint density at radius 3 is 2.84 bits per heavy atom. The summed E-state index contributed by atoms with van der Waals surface area (Å²) < 4.78 is 0.607. The van der Waals surface area contributed by atoms with Crippen LogP contribution in [0.15, 0.2) is 22.7 Å². The average Bonchev–Trinajstić information content (AvgIpc) is 2.58. The minimum absolute atomic E-state index is 0.164. The second kappa shape index (κ2) is 6.39. The van der Waals surface area contributed by atoms with E-state index >= 15 is 0 Å². The van der Waals surface area contributed by atoms with Crippen molar-refractivity contribution < 1.29 is 9.90 Å². The van der Waals surface area contributed by atoms with Crippen LogP contribution in [0, 0.1) is 0 Å². The Hall–Kier alpha value is -1.07. The van der Waals surface area contributed by atoms with Crippen LogP contribution in [0.3, 0.4) is 0 Å². The third-order valence-electron chi connectivity index (χ3n) is 3.57. The summed E-state index contributed by atoms with van der Waals surface area (Å²) in [6, 6.07) is 5.04. The Kier molecular flexibility index (Phi) is 4.82. The van der Waals surface area contributed by atoms with Crippen LogP contribution in [-0.4, -0.2) is 23.2 Å². The maximum absolute atomic E-state index is 12.2. The van der Waals surface area contributed by atoms with E-state index in [2.05, 4.69) is 21.2 Å². The molecule has 2 atom stereocenters. The Morgan fingerprint density at radius 1 is 1.32 bits per heavy atom. The van der Waals surface area contributed by atoms with Crippen LogP contribution < -0.4 is 11.1 Å². The quantitative estimate of drug-likeness (QED) is 0.577. The molecule has 1 aromatic carbocycles. The number of nitrogens with one attached hydrogen (secondary N) is 1. The van der Waals surface area contributed by atoms with Gasteiger partial charge in [0.2, 0.25) is 0 Å². The van der Waals surface area contributed by atoms with E-state index in [1.807, 2.05) is 0 Å². The molecule has 0 bridgehead atoms. The maximum Gasteiger partial charge on any atom is 0.252 e. The van der Waals surface area contributed by atoms with Gasteiger partial charge in [-0.15, -0.1) is 0 Å². The highest BCUT2D eigenvalue weighted by Crippen LogP contribution is 2.24. The van der Waals surface area contributed by atoms with Crippen LogP contribution in [0.5, 0.6) is 0 Å². The smallest absolute Gasteiger partial charge is 0.252 e. The summed E-state index contributed by atoms with van der Waals surface area (Å²) in [5.74, 6) is -0.190. The highest BCUT2D eigenvalue weighted by molar-refractivity contribution is 9.10. The largest absolute Gasteiger partial charge is 0.398 e. The first-order valence-electron chi connectivity index (χ1n) is 6.62. The number of carbonyl (C=O) groups is 1. The van der Waals surface area contributed by atoms with Crippen molar-refractivity contribution in [2.75, 3.05) is 5.73 Å². The topological polar surface area (TPSA) is 75.4 Å². The summed E-state index contributed by atoms with van der Waals surface area (Å²) in [7, 11) is 0. The van der Waals surface area contributed by atoms with Crippen LogP contribution in [0.4, 0.5) is 5.69 Å². The number of nitrogens with two attached hydrogens (primary N) is 1. The minimum Gasteiger partial charge on any atom is -0.398 e. The maximum atomic E-state index is 12.2. The normalized spacial score (nSPS) is 23.7. The number of aliphatic hydroxyl groups excluding tert-OH is 1. The van der Waals surface area contributed by atoms with Gasteiger partial charge >= 0.3 is 0 Å². The van der Waals surface area contributed by atoms with E-state index in [0.29, 0.717) is 15.7 Å². The highest BCUT2D eigenvalue weighted by Gasteiger charge is 2.24. The van der Waals surface area contributed by atoms with Gasteiger partial charge in [-0.1, -0.05) is 25.3 Å². The third kappa shape index (κ3) is 3.48. The molecule has 1 aromatic rings. The SMILES string of the molecule is Nc1cccc(C(=O)NC2CCCCCC2O)c1Br. The Bertz CT molecular complexity index is 465. The summed E-state index contributed by atoms with van der Waals surface area (Å²) in [6.07, 6.45) is 4.31. The molecular formula is C14H19BrN2O2. The first-order valence-corrected chi connectivity index (χ1v) is 7.42. The van der Waals surface area contributed by atoms with Crippen LogP contribution in [0.1, 0.15) is 42.5 Å². The number of nitrogen functional groups attached to an aromatic ring is 1. The summed E-state index contributed by atoms with van der Waals surface area (Å²) in [5.41, 5.74) is 6.81. The fourth-order valence-corrected chi connectivity index (χ4v) is 2.87. The van der Waals surface area contributed by atoms with Gasteiger partial charge in [-0.2, -0.15) is 0 Å². The molecule has 1 amide bonds. The lowest BCUT2D eigenvalue weighted by molar-refractivity contribution is 0.0818. The Balaban J connectivity index is 2.09. The molecule has 4 N–H and O–H groups in total. The second-order valence-corrected chi connectivity index (χ2v) is 5.79. The van der Waals surface area contributed by atoms with Crippen molar-refractivity contribution in [3.8, 4) is 0 Å². The first-order chi connectivity index (χ1) is 9.09. The van der Waals surface area contributed by atoms with Gasteiger partial charge in [0.15, 0.2) is 0 Å². The molecule has 5 heteroatoms. The molecule has 1 aliphatic carbocycles. The molecule has 1 fully saturated rings. The van der Waals surface area contributed by atoms with Crippen molar-refractivity contribution in [3.63, 3.8) is 0 Å². The molecule has 0 radical (unpaired) electrons. The number of halogens is 1. The Labute approximate surface area is 121 Å². The molecular weight excluding hydrogens is 308 g/mol. The molecule has 1 saturated carbocycles. The fraction of sp³-hybridized carbons (Fsp3) is 0.500. The van der Waals surface area contributed by atoms with Crippen molar-refractivity contribution in [2.45, 2.75) is 44.2 Å². The van der Waals surface area contributed by atoms with E-state index in [1.54, 1.807) is 18.2 Å². The summed E-state index contributed by atoms with van der Waals surface area (Å²) >= 11 is 3.33. The minimum atomic E-state index is -0.453. The monoisotopic (exact) mass is 326 g/mol. The summed E-state index contributed by atoms with van der Waals surface area (Å²) in [4.78, 5) is 12.2. The Morgan fingerprint density at radius 2 is 2.05 bits per heavy atom. The molecule has 1 aliphatic rings. The molecule has 2 rings (SSSR count). The predicted octanol–water partition coefficient (Wildman–Crippen LogP) is 2.45. The number of anilines is 1. The van der Waals surface area contributed by atoms with Crippen molar-refractivity contribution in [1.29, 1.82) is 0 Å². The number of rotatable bonds is 2. The van der Waals surface area contributed by atoms with Gasteiger partial charge in [-0.25, -0.2) is 0 Å².